The lowest BCUT2D eigenvalue weighted by Gasteiger charge is -2.07. The molecule has 1 aliphatic heterocycles. The van der Waals surface area contributed by atoms with Crippen LogP contribution in [0.25, 0.3) is 0 Å². The summed E-state index contributed by atoms with van der Waals surface area (Å²) in [4.78, 5) is 12.6. The summed E-state index contributed by atoms with van der Waals surface area (Å²) < 4.78 is 1.76. The van der Waals surface area contributed by atoms with Crippen LogP contribution in [0.2, 0.25) is 0 Å². The van der Waals surface area contributed by atoms with Gasteiger partial charge < -0.3 is 10.1 Å². The summed E-state index contributed by atoms with van der Waals surface area (Å²) in [6.07, 6.45) is 0. The monoisotopic (exact) mass is 191 g/mol. The zero-order chi connectivity index (χ0) is 10.1. The molecule has 0 bridgehead atoms. The van der Waals surface area contributed by atoms with Crippen LogP contribution in [-0.2, 0) is 6.54 Å². The van der Waals surface area contributed by atoms with Crippen molar-refractivity contribution in [2.24, 2.45) is 0 Å². The van der Waals surface area contributed by atoms with Crippen molar-refractivity contribution in [2.75, 3.05) is 23.7 Å². The molecule has 1 aliphatic rings. The Balaban J connectivity index is 2.15. The number of hydrogen-bond donors (Lipinski definition) is 2. The summed E-state index contributed by atoms with van der Waals surface area (Å²) in [7, 11) is 7.22. The molecule has 7 heteroatoms. The van der Waals surface area contributed by atoms with E-state index < -0.39 is 0 Å². The summed E-state index contributed by atoms with van der Waals surface area (Å²) in [5.74, 6) is 1.32. The first-order chi connectivity index (χ1) is 6.70. The maximum atomic E-state index is 11.0. The minimum absolute atomic E-state index is 0.287. The standard InChI is InChI=1S/C7H10BN5O/c1-9-7(14)10-5-4-6-12(8)2-3-13(6)11-5/h4H,2-3H2,1H3,(H2,9,10,11,14). The number of fused-ring (bicyclic) bond motifs is 1. The summed E-state index contributed by atoms with van der Waals surface area (Å²) in [5.41, 5.74) is 0. The zero-order valence-corrected chi connectivity index (χ0v) is 7.82. The van der Waals surface area contributed by atoms with E-state index in [1.54, 1.807) is 22.6 Å². The van der Waals surface area contributed by atoms with Crippen molar-refractivity contribution in [3.8, 4) is 0 Å². The molecule has 2 heterocycles. The lowest BCUT2D eigenvalue weighted by atomic mass is 10.3. The molecule has 2 radical (unpaired) electrons. The van der Waals surface area contributed by atoms with Crippen LogP contribution < -0.4 is 15.4 Å². The fourth-order valence-electron chi connectivity index (χ4n) is 1.36. The molecule has 0 aromatic carbocycles. The molecule has 1 aromatic rings. The van der Waals surface area contributed by atoms with Gasteiger partial charge in [0.05, 0.1) is 6.54 Å². The number of rotatable bonds is 1. The number of amides is 2. The second-order valence-corrected chi connectivity index (χ2v) is 3.01. The highest BCUT2D eigenvalue weighted by Crippen LogP contribution is 2.22. The van der Waals surface area contributed by atoms with E-state index in [4.69, 9.17) is 7.98 Å². The van der Waals surface area contributed by atoms with E-state index in [1.807, 2.05) is 0 Å². The molecule has 0 spiro atoms. The van der Waals surface area contributed by atoms with Crippen molar-refractivity contribution in [3.05, 3.63) is 6.07 Å². The van der Waals surface area contributed by atoms with Crippen molar-refractivity contribution in [1.82, 2.24) is 15.1 Å². The second kappa shape index (κ2) is 3.24. The second-order valence-electron chi connectivity index (χ2n) is 3.01. The Bertz CT molecular complexity index is 363. The van der Waals surface area contributed by atoms with Gasteiger partial charge in [-0.2, -0.15) is 5.10 Å². The molecule has 0 saturated carbocycles. The van der Waals surface area contributed by atoms with Crippen LogP contribution >= 0.6 is 0 Å². The molecule has 72 valence electrons. The SMILES string of the molecule is [B]N1CCn2nc(NC(=O)NC)cc21. The maximum absolute atomic E-state index is 11.0. The fraction of sp³-hybridized carbons (Fsp3) is 0.429. The Kier molecular flexibility index (Phi) is 2.07. The normalized spacial score (nSPS) is 13.9. The van der Waals surface area contributed by atoms with Crippen molar-refractivity contribution < 1.29 is 4.79 Å². The molecular weight excluding hydrogens is 181 g/mol. The van der Waals surface area contributed by atoms with Gasteiger partial charge in [-0.3, -0.25) is 5.32 Å². The quantitative estimate of drug-likeness (QED) is 0.590. The molecule has 0 atom stereocenters. The third-order valence-corrected chi connectivity index (χ3v) is 2.07. The van der Waals surface area contributed by atoms with Gasteiger partial charge in [-0.05, 0) is 0 Å². The van der Waals surface area contributed by atoms with Crippen molar-refractivity contribution in [3.63, 3.8) is 0 Å². The Morgan fingerprint density at radius 3 is 3.07 bits per heavy atom. The van der Waals surface area contributed by atoms with Gasteiger partial charge in [0.25, 0.3) is 0 Å². The molecule has 0 unspecified atom stereocenters. The van der Waals surface area contributed by atoms with Crippen LogP contribution in [-0.4, -0.2) is 37.4 Å². The molecule has 0 fully saturated rings. The summed E-state index contributed by atoms with van der Waals surface area (Å²) >= 11 is 0. The average Bonchev–Trinajstić information content (AvgIpc) is 2.69. The maximum Gasteiger partial charge on any atom is 0.320 e. The highest BCUT2D eigenvalue weighted by Gasteiger charge is 2.18. The lowest BCUT2D eigenvalue weighted by Crippen LogP contribution is -2.24. The molecule has 0 aliphatic carbocycles. The number of nitrogens with zero attached hydrogens (tertiary/aromatic N) is 3. The van der Waals surface area contributed by atoms with Gasteiger partial charge >= 0.3 is 6.03 Å². The highest BCUT2D eigenvalue weighted by molar-refractivity contribution is 6.17. The van der Waals surface area contributed by atoms with E-state index in [0.717, 1.165) is 18.9 Å². The van der Waals surface area contributed by atoms with Gasteiger partial charge in [0.15, 0.2) is 5.82 Å². The number of aromatic nitrogens is 2. The van der Waals surface area contributed by atoms with Crippen LogP contribution in [0.4, 0.5) is 16.4 Å². The predicted octanol–water partition coefficient (Wildman–Crippen LogP) is -0.462. The van der Waals surface area contributed by atoms with Crippen LogP contribution in [0, 0.1) is 0 Å². The lowest BCUT2D eigenvalue weighted by molar-refractivity contribution is 0.254. The number of carbonyl (C=O) groups excluding carboxylic acids is 1. The number of carbonyl (C=O) groups is 1. The third kappa shape index (κ3) is 1.41. The summed E-state index contributed by atoms with van der Waals surface area (Å²) in [6, 6.07) is 1.45. The van der Waals surface area contributed by atoms with Crippen molar-refractivity contribution in [1.29, 1.82) is 0 Å². The Morgan fingerprint density at radius 2 is 2.43 bits per heavy atom. The predicted molar refractivity (Wildman–Crippen MR) is 53.4 cm³/mol. The zero-order valence-electron chi connectivity index (χ0n) is 7.82. The molecule has 2 N–H and O–H groups in total. The van der Waals surface area contributed by atoms with E-state index in [2.05, 4.69) is 15.7 Å². The first kappa shape index (κ1) is 8.92. The summed E-state index contributed by atoms with van der Waals surface area (Å²) in [5, 5.41) is 9.17. The topological polar surface area (TPSA) is 62.2 Å². The van der Waals surface area contributed by atoms with Crippen LogP contribution in [0.1, 0.15) is 0 Å². The van der Waals surface area contributed by atoms with E-state index in [1.165, 1.54) is 0 Å². The van der Waals surface area contributed by atoms with Crippen LogP contribution in [0.5, 0.6) is 0 Å². The molecule has 0 saturated heterocycles. The number of nitrogens with one attached hydrogen (secondary N) is 2. The van der Waals surface area contributed by atoms with E-state index in [9.17, 15) is 4.79 Å². The molecule has 2 amide bonds. The van der Waals surface area contributed by atoms with Gasteiger partial charge in [-0.1, -0.05) is 0 Å². The largest absolute Gasteiger partial charge is 0.409 e. The summed E-state index contributed by atoms with van der Waals surface area (Å²) in [6.45, 7) is 1.50. The van der Waals surface area contributed by atoms with Gasteiger partial charge in [0.2, 0.25) is 7.98 Å². The van der Waals surface area contributed by atoms with Crippen LogP contribution in [0.15, 0.2) is 6.07 Å². The minimum Gasteiger partial charge on any atom is -0.409 e. The molecule has 2 rings (SSSR count). The Labute approximate surface area is 82.7 Å². The fourth-order valence-corrected chi connectivity index (χ4v) is 1.36. The van der Waals surface area contributed by atoms with Crippen LogP contribution in [0.3, 0.4) is 0 Å². The van der Waals surface area contributed by atoms with E-state index in [0.29, 0.717) is 5.82 Å². The minimum atomic E-state index is -0.287. The van der Waals surface area contributed by atoms with Gasteiger partial charge in [-0.25, -0.2) is 9.48 Å². The smallest absolute Gasteiger partial charge is 0.320 e. The van der Waals surface area contributed by atoms with E-state index >= 15 is 0 Å². The number of urea groups is 1. The molecule has 1 aromatic heterocycles. The third-order valence-electron chi connectivity index (χ3n) is 2.07. The first-order valence-corrected chi connectivity index (χ1v) is 4.29. The van der Waals surface area contributed by atoms with Crippen molar-refractivity contribution >= 4 is 25.6 Å². The van der Waals surface area contributed by atoms with Gasteiger partial charge in [0.1, 0.15) is 5.82 Å². The number of anilines is 2. The molecule has 14 heavy (non-hydrogen) atoms. The Hall–Kier alpha value is -1.66. The van der Waals surface area contributed by atoms with E-state index in [-0.39, 0.29) is 6.03 Å². The highest BCUT2D eigenvalue weighted by atomic mass is 16.2. The molecule has 6 nitrogen and oxygen atoms in total. The number of hydrogen-bond acceptors (Lipinski definition) is 3. The van der Waals surface area contributed by atoms with Gasteiger partial charge in [-0.15, -0.1) is 0 Å². The Morgan fingerprint density at radius 1 is 1.64 bits per heavy atom. The van der Waals surface area contributed by atoms with Gasteiger partial charge in [0, 0.05) is 19.7 Å². The first-order valence-electron chi connectivity index (χ1n) is 4.29. The van der Waals surface area contributed by atoms with Crippen molar-refractivity contribution in [2.45, 2.75) is 6.54 Å². The molecular formula is C7H10BN5O. The average molecular weight is 191 g/mol.